The van der Waals surface area contributed by atoms with Crippen LogP contribution >= 0.6 is 0 Å². The van der Waals surface area contributed by atoms with E-state index in [-0.39, 0.29) is 17.5 Å². The van der Waals surface area contributed by atoms with Gasteiger partial charge in [0.05, 0.1) is 23.1 Å². The summed E-state index contributed by atoms with van der Waals surface area (Å²) in [7, 11) is 1.83. The van der Waals surface area contributed by atoms with Crippen LogP contribution < -0.4 is 10.6 Å². The van der Waals surface area contributed by atoms with E-state index in [1.807, 2.05) is 19.3 Å². The van der Waals surface area contributed by atoms with Crippen molar-refractivity contribution >= 4 is 11.6 Å². The zero-order valence-electron chi connectivity index (χ0n) is 15.2. The monoisotopic (exact) mass is 365 g/mol. The number of aryl methyl sites for hydroxylation is 1. The van der Waals surface area contributed by atoms with Crippen molar-refractivity contribution in [2.75, 3.05) is 12.4 Å². The van der Waals surface area contributed by atoms with Crippen molar-refractivity contribution in [1.29, 1.82) is 0 Å². The van der Waals surface area contributed by atoms with Gasteiger partial charge in [0.2, 0.25) is 0 Å². The first-order valence-electron chi connectivity index (χ1n) is 8.84. The predicted molar refractivity (Wildman–Crippen MR) is 102 cm³/mol. The first-order valence-corrected chi connectivity index (χ1v) is 8.84. The number of amides is 1. The number of aromatic nitrogens is 3. The molecular weight excluding hydrogens is 345 g/mol. The highest BCUT2D eigenvalue weighted by atomic mass is 19.1. The zero-order chi connectivity index (χ0) is 19.0. The SMILES string of the molecule is CNc1cncc(-c2cnn(-c3cc(C(=O)NC4CC4)c(F)cc3C)c2)c1. The molecule has 0 atom stereocenters. The van der Waals surface area contributed by atoms with Gasteiger partial charge in [0.15, 0.2) is 0 Å². The molecule has 1 amide bonds. The highest BCUT2D eigenvalue weighted by molar-refractivity contribution is 5.95. The number of pyridine rings is 1. The standard InChI is InChI=1S/C20H20FN5O/c1-12-5-18(21)17(20(27)25-15-3-4-15)7-19(12)26-11-14(9-24-26)13-6-16(22-2)10-23-8-13/h5-11,15,22H,3-4H2,1-2H3,(H,25,27). The second kappa shape index (κ2) is 6.83. The molecule has 1 saturated carbocycles. The Bertz CT molecular complexity index is 1010. The summed E-state index contributed by atoms with van der Waals surface area (Å²) in [6.45, 7) is 1.80. The number of benzene rings is 1. The highest BCUT2D eigenvalue weighted by Gasteiger charge is 2.25. The van der Waals surface area contributed by atoms with Crippen LogP contribution in [0.25, 0.3) is 16.8 Å². The molecule has 6 nitrogen and oxygen atoms in total. The summed E-state index contributed by atoms with van der Waals surface area (Å²) in [6, 6.07) is 5.08. The molecule has 0 saturated heterocycles. The molecule has 0 aliphatic heterocycles. The maximum absolute atomic E-state index is 14.3. The number of carbonyl (C=O) groups excluding carboxylic acids is 1. The van der Waals surface area contributed by atoms with E-state index in [4.69, 9.17) is 0 Å². The average Bonchev–Trinajstić information content (AvgIpc) is 3.34. The molecule has 1 fully saturated rings. The molecule has 138 valence electrons. The first-order chi connectivity index (χ1) is 13.0. The summed E-state index contributed by atoms with van der Waals surface area (Å²) in [4.78, 5) is 16.5. The summed E-state index contributed by atoms with van der Waals surface area (Å²) in [5, 5.41) is 10.3. The summed E-state index contributed by atoms with van der Waals surface area (Å²) < 4.78 is 16.0. The predicted octanol–water partition coefficient (Wildman–Crippen LogP) is 3.32. The van der Waals surface area contributed by atoms with Crippen LogP contribution in [-0.2, 0) is 0 Å². The molecule has 0 bridgehead atoms. The minimum absolute atomic E-state index is 0.0402. The van der Waals surface area contributed by atoms with Crippen molar-refractivity contribution in [3.8, 4) is 16.8 Å². The van der Waals surface area contributed by atoms with Gasteiger partial charge < -0.3 is 10.6 Å². The van der Waals surface area contributed by atoms with Crippen LogP contribution in [-0.4, -0.2) is 33.8 Å². The molecule has 0 unspecified atom stereocenters. The molecule has 7 heteroatoms. The van der Waals surface area contributed by atoms with Crippen LogP contribution in [0, 0.1) is 12.7 Å². The summed E-state index contributed by atoms with van der Waals surface area (Å²) in [6.07, 6.45) is 8.97. The van der Waals surface area contributed by atoms with E-state index in [0.717, 1.165) is 29.7 Å². The Kier molecular flexibility index (Phi) is 4.35. The Balaban J connectivity index is 1.68. The molecule has 0 radical (unpaired) electrons. The molecule has 3 aromatic rings. The normalized spacial score (nSPS) is 13.4. The molecule has 2 heterocycles. The number of nitrogens with one attached hydrogen (secondary N) is 2. The third kappa shape index (κ3) is 3.53. The third-order valence-corrected chi connectivity index (χ3v) is 4.63. The fourth-order valence-electron chi connectivity index (χ4n) is 2.91. The lowest BCUT2D eigenvalue weighted by Gasteiger charge is -2.11. The topological polar surface area (TPSA) is 71.8 Å². The summed E-state index contributed by atoms with van der Waals surface area (Å²) in [5.74, 6) is -0.901. The fourth-order valence-corrected chi connectivity index (χ4v) is 2.91. The van der Waals surface area contributed by atoms with Crippen molar-refractivity contribution in [2.24, 2.45) is 0 Å². The van der Waals surface area contributed by atoms with Crippen molar-refractivity contribution in [2.45, 2.75) is 25.8 Å². The second-order valence-corrected chi connectivity index (χ2v) is 6.75. The van der Waals surface area contributed by atoms with Crippen LogP contribution in [0.1, 0.15) is 28.8 Å². The number of hydrogen-bond acceptors (Lipinski definition) is 4. The molecular formula is C20H20FN5O. The molecule has 1 aliphatic carbocycles. The highest BCUT2D eigenvalue weighted by Crippen LogP contribution is 2.25. The Morgan fingerprint density at radius 3 is 2.74 bits per heavy atom. The van der Waals surface area contributed by atoms with Crippen molar-refractivity contribution in [3.63, 3.8) is 0 Å². The van der Waals surface area contributed by atoms with E-state index in [9.17, 15) is 9.18 Å². The van der Waals surface area contributed by atoms with Gasteiger partial charge in [0, 0.05) is 42.8 Å². The maximum atomic E-state index is 14.3. The van der Waals surface area contributed by atoms with Gasteiger partial charge in [0.1, 0.15) is 5.82 Å². The van der Waals surface area contributed by atoms with Gasteiger partial charge in [-0.2, -0.15) is 5.10 Å². The minimum Gasteiger partial charge on any atom is -0.387 e. The second-order valence-electron chi connectivity index (χ2n) is 6.75. The first kappa shape index (κ1) is 17.2. The van der Waals surface area contributed by atoms with E-state index in [1.54, 1.807) is 36.3 Å². The Morgan fingerprint density at radius 1 is 1.19 bits per heavy atom. The van der Waals surface area contributed by atoms with Crippen LogP contribution in [0.15, 0.2) is 43.0 Å². The lowest BCUT2D eigenvalue weighted by molar-refractivity contribution is 0.0947. The van der Waals surface area contributed by atoms with Gasteiger partial charge in [0.25, 0.3) is 5.91 Å². The lowest BCUT2D eigenvalue weighted by Crippen LogP contribution is -2.26. The number of rotatable bonds is 5. The number of halogens is 1. The molecule has 2 N–H and O–H groups in total. The molecule has 1 aliphatic rings. The molecule has 1 aromatic carbocycles. The van der Waals surface area contributed by atoms with E-state index in [2.05, 4.69) is 20.7 Å². The van der Waals surface area contributed by atoms with E-state index in [0.29, 0.717) is 11.3 Å². The van der Waals surface area contributed by atoms with Gasteiger partial charge in [-0.3, -0.25) is 9.78 Å². The summed E-state index contributed by atoms with van der Waals surface area (Å²) >= 11 is 0. The molecule has 27 heavy (non-hydrogen) atoms. The van der Waals surface area contributed by atoms with Crippen LogP contribution in [0.5, 0.6) is 0 Å². The number of carbonyl (C=O) groups is 1. The van der Waals surface area contributed by atoms with Crippen molar-refractivity contribution in [1.82, 2.24) is 20.1 Å². The van der Waals surface area contributed by atoms with Gasteiger partial charge >= 0.3 is 0 Å². The molecule has 4 rings (SSSR count). The number of hydrogen-bond donors (Lipinski definition) is 2. The van der Waals surface area contributed by atoms with Gasteiger partial charge in [-0.25, -0.2) is 9.07 Å². The molecule has 2 aromatic heterocycles. The van der Waals surface area contributed by atoms with Gasteiger partial charge in [-0.05, 0) is 43.5 Å². The Hall–Kier alpha value is -3.22. The van der Waals surface area contributed by atoms with Gasteiger partial charge in [-0.1, -0.05) is 0 Å². The average molecular weight is 365 g/mol. The minimum atomic E-state index is -0.521. The number of anilines is 1. The van der Waals surface area contributed by atoms with Crippen LogP contribution in [0.2, 0.25) is 0 Å². The van der Waals surface area contributed by atoms with Crippen LogP contribution in [0.3, 0.4) is 0 Å². The quantitative estimate of drug-likeness (QED) is 0.728. The zero-order valence-corrected chi connectivity index (χ0v) is 15.2. The van der Waals surface area contributed by atoms with E-state index < -0.39 is 5.82 Å². The van der Waals surface area contributed by atoms with Crippen LogP contribution in [0.4, 0.5) is 10.1 Å². The Labute approximate surface area is 156 Å². The molecule has 0 spiro atoms. The largest absolute Gasteiger partial charge is 0.387 e. The smallest absolute Gasteiger partial charge is 0.254 e. The maximum Gasteiger partial charge on any atom is 0.254 e. The van der Waals surface area contributed by atoms with Crippen molar-refractivity contribution in [3.05, 3.63) is 59.9 Å². The van der Waals surface area contributed by atoms with Crippen molar-refractivity contribution < 1.29 is 9.18 Å². The van der Waals surface area contributed by atoms with Gasteiger partial charge in [-0.15, -0.1) is 0 Å². The lowest BCUT2D eigenvalue weighted by atomic mass is 10.1. The fraction of sp³-hybridized carbons (Fsp3) is 0.250. The Morgan fingerprint density at radius 2 is 2.00 bits per heavy atom. The summed E-state index contributed by atoms with van der Waals surface area (Å²) in [5.41, 5.74) is 4.11. The van der Waals surface area contributed by atoms with E-state index >= 15 is 0 Å². The third-order valence-electron chi connectivity index (χ3n) is 4.63. The van der Waals surface area contributed by atoms with E-state index in [1.165, 1.54) is 6.07 Å². The number of nitrogens with zero attached hydrogens (tertiary/aromatic N) is 3.